The summed E-state index contributed by atoms with van der Waals surface area (Å²) in [5.41, 5.74) is 7.72. The van der Waals surface area contributed by atoms with Crippen LogP contribution in [0.4, 0.5) is 5.69 Å². The van der Waals surface area contributed by atoms with E-state index in [1.54, 1.807) is 0 Å². The lowest BCUT2D eigenvalue weighted by Crippen LogP contribution is -2.44. The molecule has 5 heteroatoms. The van der Waals surface area contributed by atoms with Crippen molar-refractivity contribution < 1.29 is 14.7 Å². The minimum Gasteiger partial charge on any atom is -0.481 e. The van der Waals surface area contributed by atoms with E-state index in [1.807, 2.05) is 38.1 Å². The van der Waals surface area contributed by atoms with Gasteiger partial charge in [0.2, 0.25) is 5.91 Å². The molecule has 0 aliphatic heterocycles. The van der Waals surface area contributed by atoms with E-state index in [0.717, 1.165) is 18.4 Å². The Morgan fingerprint density at radius 1 is 1.29 bits per heavy atom. The maximum Gasteiger partial charge on any atom is 0.305 e. The molecular weight excluding hydrogens is 268 g/mol. The lowest BCUT2D eigenvalue weighted by Gasteiger charge is -2.25. The Balaban J connectivity index is 2.87. The number of carbonyl (C=O) groups is 2. The van der Waals surface area contributed by atoms with Gasteiger partial charge in [0.25, 0.3) is 0 Å². The number of amides is 1. The molecule has 116 valence electrons. The largest absolute Gasteiger partial charge is 0.481 e. The number of rotatable bonds is 8. The van der Waals surface area contributed by atoms with Gasteiger partial charge in [-0.25, -0.2) is 0 Å². The van der Waals surface area contributed by atoms with Crippen LogP contribution in [-0.2, 0) is 9.59 Å². The molecule has 0 saturated carbocycles. The summed E-state index contributed by atoms with van der Waals surface area (Å²) < 4.78 is 0. The maximum absolute atomic E-state index is 12.5. The van der Waals surface area contributed by atoms with E-state index >= 15 is 0 Å². The quantitative estimate of drug-likeness (QED) is 0.770. The lowest BCUT2D eigenvalue weighted by molar-refractivity contribution is -0.136. The summed E-state index contributed by atoms with van der Waals surface area (Å²) in [6, 6.07) is 6.85. The van der Waals surface area contributed by atoms with Crippen LogP contribution in [0.5, 0.6) is 0 Å². The minimum atomic E-state index is -0.929. The summed E-state index contributed by atoms with van der Waals surface area (Å²) in [6.07, 6.45) is 2.37. The first-order chi connectivity index (χ1) is 9.95. The molecule has 1 amide bonds. The maximum atomic E-state index is 12.5. The molecule has 0 aliphatic rings. The normalized spacial score (nSPS) is 12.0. The molecule has 0 heterocycles. The van der Waals surface area contributed by atoms with Gasteiger partial charge in [0, 0.05) is 12.2 Å². The molecule has 0 aromatic heterocycles. The third kappa shape index (κ3) is 5.55. The molecule has 1 aromatic rings. The average molecular weight is 292 g/mol. The number of anilines is 1. The van der Waals surface area contributed by atoms with Crippen LogP contribution in [0, 0.1) is 6.92 Å². The van der Waals surface area contributed by atoms with Gasteiger partial charge in [0.05, 0.1) is 12.5 Å². The average Bonchev–Trinajstić information content (AvgIpc) is 2.46. The second-order valence-electron chi connectivity index (χ2n) is 5.22. The number of carboxylic acid groups (broad SMARTS) is 1. The molecule has 21 heavy (non-hydrogen) atoms. The van der Waals surface area contributed by atoms with Crippen molar-refractivity contribution in [3.63, 3.8) is 0 Å². The second kappa shape index (κ2) is 8.42. The van der Waals surface area contributed by atoms with Crippen LogP contribution in [0.25, 0.3) is 0 Å². The Bertz CT molecular complexity index is 471. The lowest BCUT2D eigenvalue weighted by atomic mass is 10.1. The minimum absolute atomic E-state index is 0.0971. The predicted molar refractivity (Wildman–Crippen MR) is 83.3 cm³/mol. The van der Waals surface area contributed by atoms with Crippen molar-refractivity contribution >= 4 is 17.6 Å². The fraction of sp³-hybridized carbons (Fsp3) is 0.500. The zero-order valence-corrected chi connectivity index (χ0v) is 12.7. The molecule has 0 unspecified atom stereocenters. The first-order valence-corrected chi connectivity index (χ1v) is 7.31. The Morgan fingerprint density at radius 3 is 2.43 bits per heavy atom. The van der Waals surface area contributed by atoms with Crippen molar-refractivity contribution in [3.8, 4) is 0 Å². The van der Waals surface area contributed by atoms with E-state index in [0.29, 0.717) is 12.1 Å². The van der Waals surface area contributed by atoms with Crippen LogP contribution >= 0.6 is 0 Å². The highest BCUT2D eigenvalue weighted by atomic mass is 16.4. The van der Waals surface area contributed by atoms with Crippen molar-refractivity contribution in [2.24, 2.45) is 5.73 Å². The molecule has 1 atom stereocenters. The van der Waals surface area contributed by atoms with E-state index in [9.17, 15) is 9.59 Å². The fourth-order valence-electron chi connectivity index (χ4n) is 2.05. The van der Waals surface area contributed by atoms with Gasteiger partial charge < -0.3 is 15.7 Å². The van der Waals surface area contributed by atoms with Gasteiger partial charge >= 0.3 is 5.97 Å². The number of nitrogens with two attached hydrogens (primary N) is 1. The first-order valence-electron chi connectivity index (χ1n) is 7.31. The second-order valence-corrected chi connectivity index (χ2v) is 5.22. The number of nitrogens with zero attached hydrogens (tertiary/aromatic N) is 1. The van der Waals surface area contributed by atoms with Crippen LogP contribution in [0.1, 0.15) is 38.2 Å². The Hall–Kier alpha value is -1.88. The monoisotopic (exact) mass is 292 g/mol. The van der Waals surface area contributed by atoms with Crippen molar-refractivity contribution in [2.45, 2.75) is 45.6 Å². The van der Waals surface area contributed by atoms with Crippen LogP contribution in [0.15, 0.2) is 24.3 Å². The van der Waals surface area contributed by atoms with Gasteiger partial charge in [-0.15, -0.1) is 0 Å². The molecule has 5 nitrogen and oxygen atoms in total. The van der Waals surface area contributed by atoms with Crippen molar-refractivity contribution in [1.29, 1.82) is 0 Å². The van der Waals surface area contributed by atoms with Crippen molar-refractivity contribution in [2.75, 3.05) is 11.4 Å². The molecule has 0 radical (unpaired) electrons. The van der Waals surface area contributed by atoms with E-state index in [4.69, 9.17) is 10.8 Å². The molecule has 0 saturated heterocycles. The zero-order chi connectivity index (χ0) is 15.8. The Morgan fingerprint density at radius 2 is 1.90 bits per heavy atom. The number of aryl methyl sites for hydroxylation is 1. The zero-order valence-electron chi connectivity index (χ0n) is 12.7. The SMILES string of the molecule is CCCC[C@H](N)C(=O)N(CCC(=O)O)c1ccc(C)cc1. The van der Waals surface area contributed by atoms with Crippen LogP contribution < -0.4 is 10.6 Å². The van der Waals surface area contributed by atoms with Crippen LogP contribution in [0.3, 0.4) is 0 Å². The van der Waals surface area contributed by atoms with E-state index < -0.39 is 12.0 Å². The van der Waals surface area contributed by atoms with Gasteiger partial charge in [-0.3, -0.25) is 9.59 Å². The number of unbranched alkanes of at least 4 members (excludes halogenated alkanes) is 1. The van der Waals surface area contributed by atoms with E-state index in [2.05, 4.69) is 0 Å². The first kappa shape index (κ1) is 17.2. The predicted octanol–water partition coefficient (Wildman–Crippen LogP) is 2.32. The number of hydrogen-bond donors (Lipinski definition) is 2. The van der Waals surface area contributed by atoms with Crippen molar-refractivity contribution in [3.05, 3.63) is 29.8 Å². The smallest absolute Gasteiger partial charge is 0.305 e. The highest BCUT2D eigenvalue weighted by Crippen LogP contribution is 2.17. The van der Waals surface area contributed by atoms with Gasteiger partial charge in [-0.1, -0.05) is 37.5 Å². The highest BCUT2D eigenvalue weighted by molar-refractivity contribution is 5.97. The van der Waals surface area contributed by atoms with Crippen LogP contribution in [-0.4, -0.2) is 29.6 Å². The molecule has 3 N–H and O–H groups in total. The summed E-state index contributed by atoms with van der Waals surface area (Å²) in [6.45, 7) is 4.14. The van der Waals surface area contributed by atoms with Gasteiger partial charge in [-0.2, -0.15) is 0 Å². The number of aliphatic carboxylic acids is 1. The summed E-state index contributed by atoms with van der Waals surface area (Å²) in [5, 5.41) is 8.85. The standard InChI is InChI=1S/C16H24N2O3/c1-3-4-5-14(17)16(21)18(11-10-15(19)20)13-8-6-12(2)7-9-13/h6-9,14H,3-5,10-11,17H2,1-2H3,(H,19,20)/t14-/m0/s1. The highest BCUT2D eigenvalue weighted by Gasteiger charge is 2.22. The molecular formula is C16H24N2O3. The van der Waals surface area contributed by atoms with Crippen molar-refractivity contribution in [1.82, 2.24) is 0 Å². The molecule has 0 spiro atoms. The van der Waals surface area contributed by atoms with E-state index in [1.165, 1.54) is 4.90 Å². The molecule has 1 rings (SSSR count). The van der Waals surface area contributed by atoms with Gasteiger partial charge in [-0.05, 0) is 25.5 Å². The van der Waals surface area contributed by atoms with E-state index in [-0.39, 0.29) is 18.9 Å². The third-order valence-corrected chi connectivity index (χ3v) is 3.35. The third-order valence-electron chi connectivity index (χ3n) is 3.35. The Labute approximate surface area is 125 Å². The molecule has 0 fully saturated rings. The summed E-state index contributed by atoms with van der Waals surface area (Å²) in [7, 11) is 0. The molecule has 0 aliphatic carbocycles. The summed E-state index contributed by atoms with van der Waals surface area (Å²) in [5.74, 6) is -1.14. The summed E-state index contributed by atoms with van der Waals surface area (Å²) in [4.78, 5) is 24.7. The Kier molecular flexibility index (Phi) is 6.88. The molecule has 0 bridgehead atoms. The number of carbonyl (C=O) groups excluding carboxylic acids is 1. The molecule has 1 aromatic carbocycles. The number of hydrogen-bond acceptors (Lipinski definition) is 3. The van der Waals surface area contributed by atoms with Gasteiger partial charge in [0.1, 0.15) is 0 Å². The van der Waals surface area contributed by atoms with Crippen LogP contribution in [0.2, 0.25) is 0 Å². The summed E-state index contributed by atoms with van der Waals surface area (Å²) >= 11 is 0. The number of benzene rings is 1. The fourth-order valence-corrected chi connectivity index (χ4v) is 2.05. The topological polar surface area (TPSA) is 83.6 Å². The van der Waals surface area contributed by atoms with Gasteiger partial charge in [0.15, 0.2) is 0 Å². The number of carboxylic acids is 1.